The SMILES string of the molecule is CC(C)C[C@@H]1NC(=O)[C@H](CC(C)C)N(C)C(=O)CCN(C)C(=O)C[C@@H](C(=O)N(C)[C@@H](Cc2ccccc2)C(=O)N[C@@H](C)C(=O)N2CCCCC2)NC(=O)[C@H]([C@@H](C)O)NC(=O)[C@H](CC(C)C)N(C)C(=O)[C@H](Cc2ccccc2)NC(=O)[C@H](Cc2ccccc2)N(C)C(=O)[C@H](CC(C)C)N(C)C1=O. The fourth-order valence-electron chi connectivity index (χ4n) is 12.9. The number of nitrogens with zero attached hydrogens (tertiary/aromatic N) is 7. The van der Waals surface area contributed by atoms with Gasteiger partial charge < -0.3 is 66.0 Å². The van der Waals surface area contributed by atoms with E-state index in [1.54, 1.807) is 103 Å². The predicted octanol–water partition coefficient (Wildman–Crippen LogP) is 4.12. The molecule has 0 saturated carbocycles. The zero-order valence-corrected chi connectivity index (χ0v) is 62.4. The van der Waals surface area contributed by atoms with Gasteiger partial charge in [-0.1, -0.05) is 146 Å². The topological polar surface area (TPSA) is 308 Å². The fourth-order valence-corrected chi connectivity index (χ4v) is 12.9. The molecule has 25 nitrogen and oxygen atoms in total. The standard InChI is InChI=1S/C76H114N12O13/c1-47(2)39-56-73(98)87(16)63(42-50(7)8)76(101)86(15)62(45-55-33-25-19-26-34-55)69(94)79-57(43-53-29-21-17-22-30-53)74(99)84(13)60(41-49(5)6)70(95)81-66(52(10)89)71(96)80-58(46-65(91)82(11)38-35-64(90)83(12)59(40-48(3)4)68(93)78-56)75(100)85(14)61(44-54-31-23-18-24-32-54)67(92)77-51(9)72(97)88-36-27-20-28-37-88/h17-19,21-26,29-34,47-52,56-63,66,89H,20,27-28,35-46H2,1-16H3,(H,77,92)(H,78,93)(H,79,94)(H,80,96)(H,81,95)/t51-,52+,56-,57-,58-,59-,60-,61-,62-,63-,66-/m0/s1. The quantitative estimate of drug-likeness (QED) is 0.0929. The van der Waals surface area contributed by atoms with Crippen LogP contribution in [0.5, 0.6) is 0 Å². The van der Waals surface area contributed by atoms with Crippen molar-refractivity contribution < 1.29 is 62.6 Å². The predicted molar refractivity (Wildman–Crippen MR) is 385 cm³/mol. The van der Waals surface area contributed by atoms with Crippen molar-refractivity contribution in [3.63, 3.8) is 0 Å². The molecule has 2 heterocycles. The smallest absolute Gasteiger partial charge is 0.246 e. The minimum Gasteiger partial charge on any atom is -0.391 e. The maximum atomic E-state index is 15.5. The van der Waals surface area contributed by atoms with E-state index >= 15 is 33.6 Å². The molecule has 0 aliphatic carbocycles. The number of benzene rings is 3. The van der Waals surface area contributed by atoms with Gasteiger partial charge in [0.25, 0.3) is 0 Å². The van der Waals surface area contributed by atoms with Crippen molar-refractivity contribution in [2.45, 2.75) is 213 Å². The van der Waals surface area contributed by atoms with Crippen LogP contribution in [0, 0.1) is 23.7 Å². The molecule has 2 fully saturated rings. The van der Waals surface area contributed by atoms with Gasteiger partial charge in [-0.15, -0.1) is 0 Å². The molecule has 0 radical (unpaired) electrons. The van der Waals surface area contributed by atoms with Crippen molar-refractivity contribution in [2.24, 2.45) is 23.7 Å². The first-order valence-corrected chi connectivity index (χ1v) is 35.8. The van der Waals surface area contributed by atoms with Gasteiger partial charge in [0.2, 0.25) is 70.9 Å². The molecule has 101 heavy (non-hydrogen) atoms. The number of likely N-dealkylation sites (tertiary alicyclic amines) is 1. The third-order valence-electron chi connectivity index (χ3n) is 19.0. The Kier molecular flexibility index (Phi) is 32.4. The third-order valence-corrected chi connectivity index (χ3v) is 19.0. The van der Waals surface area contributed by atoms with Crippen LogP contribution in [-0.2, 0) is 76.8 Å². The largest absolute Gasteiger partial charge is 0.391 e. The molecule has 556 valence electrons. The van der Waals surface area contributed by atoms with Crippen LogP contribution in [0.1, 0.15) is 144 Å². The van der Waals surface area contributed by atoms with Crippen molar-refractivity contribution >= 4 is 70.9 Å². The second kappa shape index (κ2) is 39.5. The van der Waals surface area contributed by atoms with E-state index in [0.717, 1.165) is 29.1 Å². The highest BCUT2D eigenvalue weighted by molar-refractivity contribution is 6.00. The van der Waals surface area contributed by atoms with Crippen molar-refractivity contribution in [3.05, 3.63) is 108 Å². The van der Waals surface area contributed by atoms with E-state index in [1.165, 1.54) is 68.8 Å². The molecule has 0 aromatic heterocycles. The number of nitrogens with one attached hydrogen (secondary N) is 5. The number of likely N-dealkylation sites (N-methyl/N-ethyl adjacent to an activating group) is 5. The highest BCUT2D eigenvalue weighted by Crippen LogP contribution is 2.23. The molecular weight excluding hydrogens is 1290 g/mol. The van der Waals surface area contributed by atoms with E-state index in [4.69, 9.17) is 0 Å². The molecular formula is C76H114N12O13. The van der Waals surface area contributed by atoms with Crippen LogP contribution in [0.3, 0.4) is 0 Å². The van der Waals surface area contributed by atoms with Gasteiger partial charge in [-0.05, 0) is 99.2 Å². The Morgan fingerprint density at radius 2 is 0.941 bits per heavy atom. The Bertz CT molecular complexity index is 3270. The highest BCUT2D eigenvalue weighted by atomic mass is 16.3. The van der Waals surface area contributed by atoms with E-state index in [0.29, 0.717) is 29.8 Å². The first-order chi connectivity index (χ1) is 47.6. The van der Waals surface area contributed by atoms with Crippen LogP contribution in [0.25, 0.3) is 0 Å². The van der Waals surface area contributed by atoms with E-state index in [9.17, 15) is 29.1 Å². The van der Waals surface area contributed by atoms with Crippen molar-refractivity contribution in [3.8, 4) is 0 Å². The normalized spacial score (nSPS) is 23.2. The summed E-state index contributed by atoms with van der Waals surface area (Å²) in [5.74, 6) is -9.46. The fraction of sp³-hybridized carbons (Fsp3) is 0.605. The van der Waals surface area contributed by atoms with Crippen LogP contribution in [0.2, 0.25) is 0 Å². The van der Waals surface area contributed by atoms with Gasteiger partial charge in [-0.3, -0.25) is 57.5 Å². The van der Waals surface area contributed by atoms with Gasteiger partial charge in [0.15, 0.2) is 0 Å². The van der Waals surface area contributed by atoms with E-state index < -0.39 is 138 Å². The van der Waals surface area contributed by atoms with Gasteiger partial charge in [-0.2, -0.15) is 0 Å². The van der Waals surface area contributed by atoms with Crippen LogP contribution in [0.4, 0.5) is 0 Å². The number of hydrogen-bond acceptors (Lipinski definition) is 13. The molecule has 2 saturated heterocycles. The average Bonchev–Trinajstić information content (AvgIpc) is 0.820. The first kappa shape index (κ1) is 82.9. The highest BCUT2D eigenvalue weighted by Gasteiger charge is 2.43. The molecule has 5 rings (SSSR count). The number of hydrogen-bond donors (Lipinski definition) is 6. The van der Waals surface area contributed by atoms with Gasteiger partial charge in [-0.25, -0.2) is 0 Å². The minimum atomic E-state index is -1.86. The zero-order chi connectivity index (χ0) is 75.1. The molecule has 0 bridgehead atoms. The molecule has 2 aliphatic rings. The summed E-state index contributed by atoms with van der Waals surface area (Å²) in [6.45, 7) is 18.5. The lowest BCUT2D eigenvalue weighted by Gasteiger charge is -2.38. The summed E-state index contributed by atoms with van der Waals surface area (Å²) in [4.78, 5) is 188. The summed E-state index contributed by atoms with van der Waals surface area (Å²) in [7, 11) is 8.48. The molecule has 0 unspecified atom stereocenters. The second-order valence-electron chi connectivity index (χ2n) is 29.3. The van der Waals surface area contributed by atoms with Gasteiger partial charge in [0.1, 0.15) is 60.4 Å². The maximum absolute atomic E-state index is 15.5. The molecule has 3 aromatic carbocycles. The maximum Gasteiger partial charge on any atom is 0.246 e. The number of aliphatic hydroxyl groups excluding tert-OH is 1. The molecule has 25 heteroatoms. The number of rotatable bonds is 20. The Labute approximate surface area is 598 Å². The van der Waals surface area contributed by atoms with Crippen molar-refractivity contribution in [2.75, 3.05) is 61.9 Å². The molecule has 2 aliphatic heterocycles. The minimum absolute atomic E-state index is 0.0101. The van der Waals surface area contributed by atoms with Gasteiger partial charge in [0.05, 0.1) is 12.5 Å². The van der Waals surface area contributed by atoms with Crippen LogP contribution >= 0.6 is 0 Å². The van der Waals surface area contributed by atoms with Gasteiger partial charge >= 0.3 is 0 Å². The average molecular weight is 1400 g/mol. The first-order valence-electron chi connectivity index (χ1n) is 35.8. The molecule has 3 aromatic rings. The number of amides is 12. The van der Waals surface area contributed by atoms with Crippen LogP contribution in [0.15, 0.2) is 91.0 Å². The van der Waals surface area contributed by atoms with E-state index in [-0.39, 0.29) is 87.5 Å². The monoisotopic (exact) mass is 1400 g/mol. The Balaban J connectivity index is 1.68. The Morgan fingerprint density at radius 1 is 0.495 bits per heavy atom. The molecule has 12 amide bonds. The van der Waals surface area contributed by atoms with Gasteiger partial charge in [0, 0.05) is 87.6 Å². The number of carbonyl (C=O) groups excluding carboxylic acids is 12. The Morgan fingerprint density at radius 3 is 1.47 bits per heavy atom. The van der Waals surface area contributed by atoms with Crippen LogP contribution < -0.4 is 26.6 Å². The van der Waals surface area contributed by atoms with Crippen LogP contribution in [-0.4, -0.2) is 239 Å². The summed E-state index contributed by atoms with van der Waals surface area (Å²) in [6, 6.07) is 12.9. The third kappa shape index (κ3) is 24.5. The van der Waals surface area contributed by atoms with Crippen molar-refractivity contribution in [1.82, 2.24) is 60.9 Å². The van der Waals surface area contributed by atoms with Crippen molar-refractivity contribution in [1.29, 1.82) is 0 Å². The summed E-state index contributed by atoms with van der Waals surface area (Å²) in [6.07, 6.45) is -0.0635. The second-order valence-corrected chi connectivity index (χ2v) is 29.3. The lowest BCUT2D eigenvalue weighted by atomic mass is 9.96. The van der Waals surface area contributed by atoms with E-state index in [2.05, 4.69) is 26.6 Å². The number of piperidine rings is 1. The lowest BCUT2D eigenvalue weighted by Crippen LogP contribution is -2.63. The molecule has 11 atom stereocenters. The Hall–Kier alpha value is -8.74. The summed E-state index contributed by atoms with van der Waals surface area (Å²) >= 11 is 0. The lowest BCUT2D eigenvalue weighted by molar-refractivity contribution is -0.150. The number of carbonyl (C=O) groups is 12. The summed E-state index contributed by atoms with van der Waals surface area (Å²) in [5, 5.41) is 25.5. The summed E-state index contributed by atoms with van der Waals surface area (Å²) in [5.41, 5.74) is 1.91. The number of aliphatic hydroxyl groups is 1. The molecule has 6 N–H and O–H groups in total. The zero-order valence-electron chi connectivity index (χ0n) is 62.4. The van der Waals surface area contributed by atoms with E-state index in [1.807, 2.05) is 55.4 Å². The molecule has 0 spiro atoms. The summed E-state index contributed by atoms with van der Waals surface area (Å²) < 4.78 is 0.